The molecule has 0 unspecified atom stereocenters. The maximum Gasteiger partial charge on any atom is 0.226 e. The molecule has 1 N–H and O–H groups in total. The second-order valence-corrected chi connectivity index (χ2v) is 7.52. The first-order valence-electron chi connectivity index (χ1n) is 9.03. The van der Waals surface area contributed by atoms with Crippen LogP contribution in [0.4, 0.5) is 10.8 Å². The first kappa shape index (κ1) is 18.3. The lowest BCUT2D eigenvalue weighted by Gasteiger charge is -2.35. The number of fused-ring (bicyclic) bond motifs is 1. The Morgan fingerprint density at radius 2 is 2.14 bits per heavy atom. The van der Waals surface area contributed by atoms with Gasteiger partial charge in [0.2, 0.25) is 5.91 Å². The van der Waals surface area contributed by atoms with Crippen LogP contribution < -0.4 is 10.2 Å². The van der Waals surface area contributed by atoms with Gasteiger partial charge in [0.25, 0.3) is 0 Å². The second kappa shape index (κ2) is 7.92. The number of aryl methyl sites for hydroxylation is 1. The number of thiophene rings is 1. The van der Waals surface area contributed by atoms with Gasteiger partial charge in [0, 0.05) is 46.2 Å². The van der Waals surface area contributed by atoms with E-state index >= 15 is 0 Å². The maximum atomic E-state index is 12.2. The van der Waals surface area contributed by atoms with Crippen molar-refractivity contribution in [1.29, 1.82) is 5.26 Å². The summed E-state index contributed by atoms with van der Waals surface area (Å²) in [5.74, 6) is 0.853. The monoisotopic (exact) mass is 396 g/mol. The highest BCUT2D eigenvalue weighted by Gasteiger charge is 2.21. The topological polar surface area (TPSA) is 103 Å². The molecule has 10 heteroatoms. The van der Waals surface area contributed by atoms with E-state index in [-0.39, 0.29) is 5.91 Å². The van der Waals surface area contributed by atoms with Crippen LogP contribution in [0.5, 0.6) is 0 Å². The number of piperazine rings is 1. The predicted molar refractivity (Wildman–Crippen MR) is 107 cm³/mol. The van der Waals surface area contributed by atoms with Crippen molar-refractivity contribution in [2.45, 2.75) is 6.42 Å². The maximum absolute atomic E-state index is 12.2. The van der Waals surface area contributed by atoms with Gasteiger partial charge >= 0.3 is 0 Å². The van der Waals surface area contributed by atoms with E-state index in [2.05, 4.69) is 36.3 Å². The van der Waals surface area contributed by atoms with E-state index in [0.29, 0.717) is 23.5 Å². The van der Waals surface area contributed by atoms with Crippen LogP contribution in [0.15, 0.2) is 24.0 Å². The van der Waals surface area contributed by atoms with E-state index in [1.165, 1.54) is 11.3 Å². The van der Waals surface area contributed by atoms with Crippen LogP contribution >= 0.6 is 11.3 Å². The fourth-order valence-corrected chi connectivity index (χ4v) is 4.08. The largest absolute Gasteiger partial charge is 0.353 e. The number of aromatic nitrogens is 4. The summed E-state index contributed by atoms with van der Waals surface area (Å²) < 4.78 is 1.75. The zero-order chi connectivity index (χ0) is 19.5. The molecule has 0 saturated carbocycles. The van der Waals surface area contributed by atoms with Crippen molar-refractivity contribution in [3.63, 3.8) is 0 Å². The number of anilines is 2. The van der Waals surface area contributed by atoms with Gasteiger partial charge in [-0.05, 0) is 11.4 Å². The molecular weight excluding hydrogens is 376 g/mol. The molecule has 1 fully saturated rings. The van der Waals surface area contributed by atoms with Crippen LogP contribution in [0.3, 0.4) is 0 Å². The quantitative estimate of drug-likeness (QED) is 0.696. The zero-order valence-corrected chi connectivity index (χ0v) is 16.3. The van der Waals surface area contributed by atoms with Crippen molar-refractivity contribution < 1.29 is 4.79 Å². The van der Waals surface area contributed by atoms with Gasteiger partial charge in [-0.15, -0.1) is 11.3 Å². The fraction of sp³-hybridized carbons (Fsp3) is 0.389. The number of nitriles is 1. The van der Waals surface area contributed by atoms with E-state index in [0.717, 1.165) is 43.0 Å². The van der Waals surface area contributed by atoms with Crippen molar-refractivity contribution in [2.24, 2.45) is 7.05 Å². The second-order valence-electron chi connectivity index (χ2n) is 6.60. The Kier molecular flexibility index (Phi) is 5.18. The lowest BCUT2D eigenvalue weighted by molar-refractivity contribution is -0.116. The minimum Gasteiger partial charge on any atom is -0.353 e. The Morgan fingerprint density at radius 1 is 1.32 bits per heavy atom. The summed E-state index contributed by atoms with van der Waals surface area (Å²) in [6.07, 6.45) is 3.79. The highest BCUT2D eigenvalue weighted by molar-refractivity contribution is 7.14. The van der Waals surface area contributed by atoms with Crippen LogP contribution in [0.25, 0.3) is 11.0 Å². The highest BCUT2D eigenvalue weighted by atomic mass is 32.1. The van der Waals surface area contributed by atoms with Crippen molar-refractivity contribution in [3.8, 4) is 6.07 Å². The third-order valence-electron chi connectivity index (χ3n) is 4.87. The predicted octanol–water partition coefficient (Wildman–Crippen LogP) is 1.45. The fourth-order valence-electron chi connectivity index (χ4n) is 3.33. The minimum absolute atomic E-state index is 0.0609. The highest BCUT2D eigenvalue weighted by Crippen LogP contribution is 2.24. The summed E-state index contributed by atoms with van der Waals surface area (Å²) in [5, 5.41) is 19.5. The van der Waals surface area contributed by atoms with Gasteiger partial charge in [0.05, 0.1) is 17.1 Å². The minimum atomic E-state index is -0.0609. The molecule has 0 radical (unpaired) electrons. The summed E-state index contributed by atoms with van der Waals surface area (Å²) in [6, 6.07) is 3.80. The molecule has 1 saturated heterocycles. The van der Waals surface area contributed by atoms with Gasteiger partial charge in [0.1, 0.15) is 23.2 Å². The van der Waals surface area contributed by atoms with Gasteiger partial charge in [-0.3, -0.25) is 14.4 Å². The zero-order valence-electron chi connectivity index (χ0n) is 15.5. The van der Waals surface area contributed by atoms with Gasteiger partial charge < -0.3 is 10.2 Å². The molecule has 0 spiro atoms. The van der Waals surface area contributed by atoms with E-state index in [4.69, 9.17) is 5.26 Å². The number of nitrogens with one attached hydrogen (secondary N) is 1. The number of nitrogens with zero attached hydrogens (tertiary/aromatic N) is 7. The molecule has 28 heavy (non-hydrogen) atoms. The van der Waals surface area contributed by atoms with E-state index in [9.17, 15) is 4.79 Å². The Labute approximate surface area is 166 Å². The number of hydrogen-bond donors (Lipinski definition) is 1. The molecule has 4 heterocycles. The summed E-state index contributed by atoms with van der Waals surface area (Å²) in [7, 11) is 1.87. The van der Waals surface area contributed by atoms with Crippen LogP contribution in [0.2, 0.25) is 0 Å². The van der Waals surface area contributed by atoms with Gasteiger partial charge in [-0.1, -0.05) is 0 Å². The Balaban J connectivity index is 1.30. The van der Waals surface area contributed by atoms with Crippen LogP contribution in [-0.2, 0) is 11.8 Å². The molecule has 144 valence electrons. The van der Waals surface area contributed by atoms with Crippen LogP contribution in [-0.4, -0.2) is 63.3 Å². The number of carbonyl (C=O) groups is 1. The molecule has 0 bridgehead atoms. The van der Waals surface area contributed by atoms with Crippen molar-refractivity contribution >= 4 is 39.1 Å². The average Bonchev–Trinajstić information content (AvgIpc) is 3.33. The van der Waals surface area contributed by atoms with Gasteiger partial charge in [-0.2, -0.15) is 10.4 Å². The number of rotatable bonds is 5. The smallest absolute Gasteiger partial charge is 0.226 e. The summed E-state index contributed by atoms with van der Waals surface area (Å²) in [4.78, 5) is 25.4. The first-order valence-corrected chi connectivity index (χ1v) is 9.91. The molecule has 0 aromatic carbocycles. The number of hydrogen-bond acceptors (Lipinski definition) is 8. The third-order valence-corrected chi connectivity index (χ3v) is 5.70. The standard InChI is InChI=1S/C18H20N8OS/c1-24-16-14(11-22-24)17(21-12-20-16)26-7-5-25(6-8-26)4-2-15(27)23-18-13(10-19)3-9-28-18/h3,9,11-12H,2,4-8H2,1H3,(H,23,27). The molecule has 0 aliphatic carbocycles. The Bertz CT molecular complexity index is 1030. The normalized spacial score (nSPS) is 14.9. The molecule has 4 rings (SSSR count). The molecule has 3 aromatic heterocycles. The van der Waals surface area contributed by atoms with Crippen LogP contribution in [0, 0.1) is 11.3 Å². The molecule has 1 aliphatic rings. The summed E-state index contributed by atoms with van der Waals surface area (Å²) in [5.41, 5.74) is 1.34. The molecular formula is C18H20N8OS. The van der Waals surface area contributed by atoms with Gasteiger partial charge in [-0.25, -0.2) is 9.97 Å². The molecule has 3 aromatic rings. The van der Waals surface area contributed by atoms with Crippen molar-refractivity contribution in [3.05, 3.63) is 29.5 Å². The summed E-state index contributed by atoms with van der Waals surface area (Å²) in [6.45, 7) is 4.10. The number of amides is 1. The average molecular weight is 396 g/mol. The molecule has 1 aliphatic heterocycles. The van der Waals surface area contributed by atoms with Crippen LogP contribution in [0.1, 0.15) is 12.0 Å². The SMILES string of the molecule is Cn1ncc2c(N3CCN(CCC(=O)Nc4sccc4C#N)CC3)ncnc21. The molecule has 1 amide bonds. The van der Waals surface area contributed by atoms with Crippen molar-refractivity contribution in [1.82, 2.24) is 24.6 Å². The number of carbonyl (C=O) groups excluding carboxylic acids is 1. The lowest BCUT2D eigenvalue weighted by Crippen LogP contribution is -2.47. The van der Waals surface area contributed by atoms with Crippen molar-refractivity contribution in [2.75, 3.05) is 42.9 Å². The molecule has 0 atom stereocenters. The van der Waals surface area contributed by atoms with E-state index < -0.39 is 0 Å². The third kappa shape index (κ3) is 3.67. The first-order chi connectivity index (χ1) is 13.7. The van der Waals surface area contributed by atoms with E-state index in [1.807, 2.05) is 7.05 Å². The lowest BCUT2D eigenvalue weighted by atomic mass is 10.2. The van der Waals surface area contributed by atoms with E-state index in [1.54, 1.807) is 28.7 Å². The Hall–Kier alpha value is -3.03. The summed E-state index contributed by atoms with van der Waals surface area (Å²) >= 11 is 1.37. The van der Waals surface area contributed by atoms with Gasteiger partial charge in [0.15, 0.2) is 5.65 Å². The Morgan fingerprint density at radius 3 is 2.93 bits per heavy atom. The molecule has 9 nitrogen and oxygen atoms in total.